The van der Waals surface area contributed by atoms with Crippen LogP contribution in [-0.2, 0) is 0 Å². The Labute approximate surface area is 80.8 Å². The zero-order chi connectivity index (χ0) is 10.1. The molecule has 0 atom stereocenters. The molecule has 2 rings (SSSR count). The Morgan fingerprint density at radius 3 is 3.00 bits per heavy atom. The van der Waals surface area contributed by atoms with Crippen LogP contribution in [0.3, 0.4) is 0 Å². The van der Waals surface area contributed by atoms with E-state index in [0.29, 0.717) is 16.9 Å². The molecule has 0 aliphatic heterocycles. The molecule has 0 aliphatic carbocycles. The number of rotatable bonds is 1. The van der Waals surface area contributed by atoms with Crippen LogP contribution in [0.15, 0.2) is 24.4 Å². The maximum absolute atomic E-state index is 11.0. The third-order valence-electron chi connectivity index (χ3n) is 2.05. The van der Waals surface area contributed by atoms with Crippen LogP contribution >= 0.6 is 0 Å². The van der Waals surface area contributed by atoms with E-state index in [-0.39, 0.29) is 0 Å². The second kappa shape index (κ2) is 3.06. The van der Waals surface area contributed by atoms with Crippen molar-refractivity contribution in [1.82, 2.24) is 9.97 Å². The lowest BCUT2D eigenvalue weighted by molar-refractivity contribution is 0.0999. The Hall–Kier alpha value is -1.97. The number of primary amides is 1. The van der Waals surface area contributed by atoms with Crippen LogP contribution in [-0.4, -0.2) is 15.9 Å². The molecule has 14 heavy (non-hydrogen) atoms. The predicted octanol–water partition coefficient (Wildman–Crippen LogP) is 1.04. The molecule has 0 spiro atoms. The number of fused-ring (bicyclic) bond motifs is 1. The van der Waals surface area contributed by atoms with E-state index < -0.39 is 5.91 Å². The molecular formula is C10H9N3O. The van der Waals surface area contributed by atoms with Gasteiger partial charge in [-0.2, -0.15) is 0 Å². The number of aryl methyl sites for hydroxylation is 1. The molecule has 1 amide bonds. The highest BCUT2D eigenvalue weighted by atomic mass is 16.1. The number of carbonyl (C=O) groups excluding carboxylic acids is 1. The second-order valence-electron chi connectivity index (χ2n) is 3.04. The zero-order valence-electron chi connectivity index (χ0n) is 7.69. The van der Waals surface area contributed by atoms with Crippen molar-refractivity contribution in [2.45, 2.75) is 6.92 Å². The first-order valence-corrected chi connectivity index (χ1v) is 4.20. The Morgan fingerprint density at radius 2 is 2.29 bits per heavy atom. The number of aromatic nitrogens is 2. The molecule has 0 saturated carbocycles. The van der Waals surface area contributed by atoms with Crippen LogP contribution in [0.25, 0.3) is 11.0 Å². The van der Waals surface area contributed by atoms with Crippen molar-refractivity contribution in [3.63, 3.8) is 0 Å². The molecule has 0 radical (unpaired) electrons. The Bertz CT molecular complexity index is 508. The van der Waals surface area contributed by atoms with E-state index >= 15 is 0 Å². The summed E-state index contributed by atoms with van der Waals surface area (Å²) in [6, 6.07) is 5.36. The van der Waals surface area contributed by atoms with Crippen molar-refractivity contribution in [3.05, 3.63) is 35.7 Å². The van der Waals surface area contributed by atoms with E-state index in [1.807, 2.05) is 6.07 Å². The van der Waals surface area contributed by atoms with E-state index in [0.717, 1.165) is 5.39 Å². The summed E-state index contributed by atoms with van der Waals surface area (Å²) in [6.07, 6.45) is 1.67. The first kappa shape index (κ1) is 8.62. The Balaban J connectivity index is 2.77. The lowest BCUT2D eigenvalue weighted by Crippen LogP contribution is -2.13. The minimum absolute atomic E-state index is 0.450. The molecule has 2 aromatic heterocycles. The summed E-state index contributed by atoms with van der Waals surface area (Å²) in [5, 5.41) is 0.826. The molecule has 70 valence electrons. The number of hydrogen-bond acceptors (Lipinski definition) is 3. The lowest BCUT2D eigenvalue weighted by Gasteiger charge is -2.02. The van der Waals surface area contributed by atoms with E-state index in [1.54, 1.807) is 25.3 Å². The highest BCUT2D eigenvalue weighted by Gasteiger charge is 2.07. The van der Waals surface area contributed by atoms with Crippen molar-refractivity contribution in [2.24, 2.45) is 5.73 Å². The van der Waals surface area contributed by atoms with Gasteiger partial charge in [0.2, 0.25) is 0 Å². The maximum Gasteiger partial charge on any atom is 0.250 e. The van der Waals surface area contributed by atoms with Crippen LogP contribution < -0.4 is 5.73 Å². The topological polar surface area (TPSA) is 68.9 Å². The van der Waals surface area contributed by atoms with E-state index in [4.69, 9.17) is 5.73 Å². The fourth-order valence-electron chi connectivity index (χ4n) is 1.34. The zero-order valence-corrected chi connectivity index (χ0v) is 7.69. The standard InChI is InChI=1S/C10H9N3O/c1-6-8(9(11)14)5-7-3-2-4-12-10(7)13-6/h2-5H,1H3,(H2,11,14). The number of hydrogen-bond donors (Lipinski definition) is 1. The number of pyridine rings is 2. The summed E-state index contributed by atoms with van der Waals surface area (Å²) < 4.78 is 0. The van der Waals surface area contributed by atoms with Gasteiger partial charge in [0.05, 0.1) is 11.3 Å². The number of carbonyl (C=O) groups is 1. The van der Waals surface area contributed by atoms with Crippen LogP contribution in [0.2, 0.25) is 0 Å². The second-order valence-corrected chi connectivity index (χ2v) is 3.04. The van der Waals surface area contributed by atoms with Crippen molar-refractivity contribution in [2.75, 3.05) is 0 Å². The molecule has 0 fully saturated rings. The molecule has 4 nitrogen and oxygen atoms in total. The van der Waals surface area contributed by atoms with E-state index in [2.05, 4.69) is 9.97 Å². The maximum atomic E-state index is 11.0. The third-order valence-corrected chi connectivity index (χ3v) is 2.05. The van der Waals surface area contributed by atoms with Gasteiger partial charge in [0, 0.05) is 11.6 Å². The normalized spacial score (nSPS) is 10.4. The molecule has 0 aliphatic rings. The van der Waals surface area contributed by atoms with Crippen molar-refractivity contribution >= 4 is 16.9 Å². The SMILES string of the molecule is Cc1nc2ncccc2cc1C(N)=O. The van der Waals surface area contributed by atoms with Crippen LogP contribution in [0, 0.1) is 6.92 Å². The molecule has 2 N–H and O–H groups in total. The number of amides is 1. The van der Waals surface area contributed by atoms with Crippen LogP contribution in [0.4, 0.5) is 0 Å². The predicted molar refractivity (Wildman–Crippen MR) is 52.8 cm³/mol. The molecule has 0 bridgehead atoms. The quantitative estimate of drug-likeness (QED) is 0.725. The Morgan fingerprint density at radius 1 is 1.50 bits per heavy atom. The molecule has 2 heterocycles. The summed E-state index contributed by atoms with van der Waals surface area (Å²) in [5.74, 6) is -0.458. The van der Waals surface area contributed by atoms with Crippen molar-refractivity contribution < 1.29 is 4.79 Å². The first-order valence-electron chi connectivity index (χ1n) is 4.20. The van der Waals surface area contributed by atoms with Gasteiger partial charge in [-0.3, -0.25) is 4.79 Å². The molecule has 2 aromatic rings. The third kappa shape index (κ3) is 1.31. The van der Waals surface area contributed by atoms with Crippen LogP contribution in [0.1, 0.15) is 16.1 Å². The molecule has 0 unspecified atom stereocenters. The summed E-state index contributed by atoms with van der Waals surface area (Å²) in [4.78, 5) is 19.3. The monoisotopic (exact) mass is 187 g/mol. The highest BCUT2D eigenvalue weighted by Crippen LogP contribution is 2.13. The van der Waals surface area contributed by atoms with E-state index in [1.165, 1.54) is 0 Å². The van der Waals surface area contributed by atoms with Crippen LogP contribution in [0.5, 0.6) is 0 Å². The van der Waals surface area contributed by atoms with Gasteiger partial charge < -0.3 is 5.73 Å². The van der Waals surface area contributed by atoms with Gasteiger partial charge in [0.1, 0.15) is 0 Å². The lowest BCUT2D eigenvalue weighted by atomic mass is 10.1. The molecule has 0 aromatic carbocycles. The minimum atomic E-state index is -0.458. The van der Waals surface area contributed by atoms with Crippen molar-refractivity contribution in [1.29, 1.82) is 0 Å². The molecular weight excluding hydrogens is 178 g/mol. The Kier molecular flexibility index (Phi) is 1.89. The highest BCUT2D eigenvalue weighted by molar-refractivity contribution is 5.96. The van der Waals surface area contributed by atoms with Gasteiger partial charge in [-0.15, -0.1) is 0 Å². The first-order chi connectivity index (χ1) is 6.68. The summed E-state index contributed by atoms with van der Waals surface area (Å²) >= 11 is 0. The van der Waals surface area contributed by atoms with Gasteiger partial charge in [-0.25, -0.2) is 9.97 Å². The fourth-order valence-corrected chi connectivity index (χ4v) is 1.34. The van der Waals surface area contributed by atoms with E-state index in [9.17, 15) is 4.79 Å². The largest absolute Gasteiger partial charge is 0.366 e. The van der Waals surface area contributed by atoms with Crippen molar-refractivity contribution in [3.8, 4) is 0 Å². The molecule has 4 heteroatoms. The minimum Gasteiger partial charge on any atom is -0.366 e. The van der Waals surface area contributed by atoms with Gasteiger partial charge in [0.15, 0.2) is 5.65 Å². The van der Waals surface area contributed by atoms with Gasteiger partial charge in [0.25, 0.3) is 5.91 Å². The summed E-state index contributed by atoms with van der Waals surface area (Å²) in [7, 11) is 0. The fraction of sp³-hybridized carbons (Fsp3) is 0.100. The average molecular weight is 187 g/mol. The van der Waals surface area contributed by atoms with Gasteiger partial charge in [-0.1, -0.05) is 0 Å². The summed E-state index contributed by atoms with van der Waals surface area (Å²) in [6.45, 7) is 1.74. The van der Waals surface area contributed by atoms with Gasteiger partial charge in [-0.05, 0) is 25.1 Å². The summed E-state index contributed by atoms with van der Waals surface area (Å²) in [5.41, 5.74) is 6.90. The smallest absolute Gasteiger partial charge is 0.250 e. The number of nitrogens with two attached hydrogens (primary N) is 1. The number of nitrogens with zero attached hydrogens (tertiary/aromatic N) is 2. The molecule has 0 saturated heterocycles. The van der Waals surface area contributed by atoms with Gasteiger partial charge >= 0.3 is 0 Å². The average Bonchev–Trinajstić information content (AvgIpc) is 2.16.